The number of nitrogens with one attached hydrogen (secondary N) is 1. The molecule has 6 nitrogen and oxygen atoms in total. The predicted molar refractivity (Wildman–Crippen MR) is 136 cm³/mol. The van der Waals surface area contributed by atoms with Crippen molar-refractivity contribution in [3.63, 3.8) is 0 Å². The largest absolute Gasteiger partial charge is 0.491 e. The number of oxazole rings is 2. The summed E-state index contributed by atoms with van der Waals surface area (Å²) in [7, 11) is 0. The van der Waals surface area contributed by atoms with Crippen molar-refractivity contribution in [2.45, 2.75) is 12.3 Å². The Morgan fingerprint density at radius 2 is 1.72 bits per heavy atom. The van der Waals surface area contributed by atoms with Gasteiger partial charge in [0.15, 0.2) is 28.3 Å². The SMILES string of the molecule is Cc1nc2c(o1)C1(c3ccccc3)COc3c(cccc31)-c1cccc3[nH]cc(c13)-c1oc-2nc1Cl. The van der Waals surface area contributed by atoms with E-state index in [0.717, 1.165) is 44.5 Å². The number of benzene rings is 3. The average Bonchev–Trinajstić information content (AvgIpc) is 3.67. The van der Waals surface area contributed by atoms with Gasteiger partial charge in [-0.1, -0.05) is 72.3 Å². The van der Waals surface area contributed by atoms with Crippen LogP contribution in [0.25, 0.3) is 44.9 Å². The van der Waals surface area contributed by atoms with Crippen LogP contribution in [-0.2, 0) is 5.41 Å². The number of aromatic nitrogens is 3. The lowest BCUT2D eigenvalue weighted by Gasteiger charge is -2.27. The smallest absolute Gasteiger partial charge is 0.250 e. The van der Waals surface area contributed by atoms with Crippen molar-refractivity contribution in [1.29, 1.82) is 0 Å². The van der Waals surface area contributed by atoms with Crippen LogP contribution in [0.3, 0.4) is 0 Å². The Balaban J connectivity index is 1.60. The van der Waals surface area contributed by atoms with Gasteiger partial charge in [-0.2, -0.15) is 4.98 Å². The highest BCUT2D eigenvalue weighted by Gasteiger charge is 2.50. The number of nitrogens with zero attached hydrogens (tertiary/aromatic N) is 2. The zero-order valence-electron chi connectivity index (χ0n) is 19.1. The van der Waals surface area contributed by atoms with E-state index in [1.165, 1.54) is 0 Å². The molecule has 0 aliphatic carbocycles. The van der Waals surface area contributed by atoms with E-state index in [2.05, 4.69) is 46.4 Å². The number of H-pyrrole nitrogens is 1. The molecule has 0 fully saturated rings. The van der Waals surface area contributed by atoms with Crippen molar-refractivity contribution in [3.8, 4) is 39.8 Å². The summed E-state index contributed by atoms with van der Waals surface area (Å²) in [6.07, 6.45) is 1.91. The van der Waals surface area contributed by atoms with Crippen molar-refractivity contribution in [2.75, 3.05) is 6.61 Å². The maximum absolute atomic E-state index is 6.70. The highest BCUT2D eigenvalue weighted by Crippen LogP contribution is 2.55. The number of rotatable bonds is 1. The summed E-state index contributed by atoms with van der Waals surface area (Å²) in [6.45, 7) is 2.18. The average molecular weight is 492 g/mol. The predicted octanol–water partition coefficient (Wildman–Crippen LogP) is 7.15. The highest BCUT2D eigenvalue weighted by molar-refractivity contribution is 6.32. The molecule has 1 atom stereocenters. The molecular weight excluding hydrogens is 474 g/mol. The van der Waals surface area contributed by atoms with Gasteiger partial charge in [0.05, 0.1) is 0 Å². The minimum absolute atomic E-state index is 0.275. The van der Waals surface area contributed by atoms with Gasteiger partial charge < -0.3 is 18.6 Å². The topological polar surface area (TPSA) is 77.1 Å². The molecule has 0 saturated carbocycles. The Morgan fingerprint density at radius 3 is 2.61 bits per heavy atom. The van der Waals surface area contributed by atoms with Gasteiger partial charge >= 0.3 is 0 Å². The zero-order chi connectivity index (χ0) is 24.0. The summed E-state index contributed by atoms with van der Waals surface area (Å²) in [5.41, 5.74) is 5.63. The molecule has 6 aromatic rings. The van der Waals surface area contributed by atoms with Crippen LogP contribution < -0.4 is 4.74 Å². The van der Waals surface area contributed by atoms with E-state index in [1.807, 2.05) is 43.5 Å². The normalized spacial score (nSPS) is 17.4. The molecule has 3 aromatic heterocycles. The standard InChI is InChI=1S/C29H18ClN3O3/c1-15-32-23-26(35-15)29(16-7-3-2-4-8-16)14-34-24-18(10-5-11-20(24)29)17-9-6-12-21-22(17)19(13-31-21)25-27(30)33-28(23)36-25/h2-13,31H,14H2,1H3. The van der Waals surface area contributed by atoms with Gasteiger partial charge in [-0.05, 0) is 17.2 Å². The summed E-state index contributed by atoms with van der Waals surface area (Å²) < 4.78 is 19.3. The molecule has 8 rings (SSSR count). The van der Waals surface area contributed by atoms with Crippen LogP contribution in [0.2, 0.25) is 5.15 Å². The van der Waals surface area contributed by atoms with Crippen molar-refractivity contribution >= 4 is 22.5 Å². The molecule has 2 aliphatic heterocycles. The van der Waals surface area contributed by atoms with E-state index in [0.29, 0.717) is 35.6 Å². The zero-order valence-corrected chi connectivity index (χ0v) is 19.9. The summed E-state index contributed by atoms with van der Waals surface area (Å²) in [4.78, 5) is 12.7. The molecule has 0 radical (unpaired) electrons. The highest BCUT2D eigenvalue weighted by atomic mass is 35.5. The fourth-order valence-electron chi connectivity index (χ4n) is 5.80. The minimum atomic E-state index is -0.752. The number of para-hydroxylation sites is 1. The third kappa shape index (κ3) is 2.41. The molecule has 5 heterocycles. The van der Waals surface area contributed by atoms with Gasteiger partial charge in [0.25, 0.3) is 5.89 Å². The number of hydrogen-bond acceptors (Lipinski definition) is 5. The Hall–Kier alpha value is -4.29. The fraction of sp³-hybridized carbons (Fsp3) is 0.103. The molecule has 2 aliphatic rings. The van der Waals surface area contributed by atoms with Crippen LogP contribution in [0.15, 0.2) is 81.8 Å². The third-order valence-corrected chi connectivity index (χ3v) is 7.58. The number of aromatic amines is 1. The number of aryl methyl sites for hydroxylation is 1. The molecule has 0 amide bonds. The fourth-order valence-corrected chi connectivity index (χ4v) is 6.02. The van der Waals surface area contributed by atoms with Crippen molar-refractivity contribution < 1.29 is 13.6 Å². The van der Waals surface area contributed by atoms with Gasteiger partial charge in [-0.3, -0.25) is 0 Å². The van der Waals surface area contributed by atoms with Crippen LogP contribution in [-0.4, -0.2) is 21.6 Å². The quantitative estimate of drug-likeness (QED) is 0.264. The molecular formula is C29H18ClN3O3. The second kappa shape index (κ2) is 6.89. The monoisotopic (exact) mass is 491 g/mol. The third-order valence-electron chi connectivity index (χ3n) is 7.33. The Labute approximate surface area is 210 Å². The van der Waals surface area contributed by atoms with E-state index in [9.17, 15) is 0 Å². The lowest BCUT2D eigenvalue weighted by Crippen LogP contribution is -2.31. The lowest BCUT2D eigenvalue weighted by atomic mass is 9.73. The van der Waals surface area contributed by atoms with Gasteiger partial charge in [-0.25, -0.2) is 4.98 Å². The van der Waals surface area contributed by atoms with E-state index >= 15 is 0 Å². The number of fused-ring (bicyclic) bond motifs is 7. The second-order valence-electron chi connectivity index (χ2n) is 9.22. The molecule has 0 spiro atoms. The first-order valence-electron chi connectivity index (χ1n) is 11.7. The maximum atomic E-state index is 6.70. The summed E-state index contributed by atoms with van der Waals surface area (Å²) in [5.74, 6) is 2.77. The molecule has 3 aromatic carbocycles. The van der Waals surface area contributed by atoms with Crippen LogP contribution in [0.4, 0.5) is 0 Å². The van der Waals surface area contributed by atoms with Gasteiger partial charge in [0.1, 0.15) is 17.8 Å². The minimum Gasteiger partial charge on any atom is -0.491 e. The molecule has 7 heteroatoms. The van der Waals surface area contributed by atoms with Crippen LogP contribution in [0.5, 0.6) is 5.75 Å². The molecule has 6 bridgehead atoms. The van der Waals surface area contributed by atoms with Crippen molar-refractivity contribution in [1.82, 2.24) is 15.0 Å². The molecule has 1 unspecified atom stereocenters. The maximum Gasteiger partial charge on any atom is 0.250 e. The number of hydrogen-bond donors (Lipinski definition) is 1. The van der Waals surface area contributed by atoms with Gasteiger partial charge in [0.2, 0.25) is 0 Å². The van der Waals surface area contributed by atoms with Crippen molar-refractivity contribution in [3.05, 3.63) is 101 Å². The second-order valence-corrected chi connectivity index (χ2v) is 9.58. The molecule has 36 heavy (non-hydrogen) atoms. The molecule has 0 saturated heterocycles. The summed E-state index contributed by atoms with van der Waals surface area (Å²) >= 11 is 6.70. The van der Waals surface area contributed by atoms with Gasteiger partial charge in [0, 0.05) is 40.7 Å². The lowest BCUT2D eigenvalue weighted by molar-refractivity contribution is 0.289. The van der Waals surface area contributed by atoms with E-state index < -0.39 is 5.41 Å². The molecule has 174 valence electrons. The number of ether oxygens (including phenoxy) is 1. The van der Waals surface area contributed by atoms with Gasteiger partial charge in [-0.15, -0.1) is 0 Å². The first-order chi connectivity index (χ1) is 17.6. The molecule has 1 N–H and O–H groups in total. The Morgan fingerprint density at radius 1 is 0.889 bits per heavy atom. The van der Waals surface area contributed by atoms with Crippen LogP contribution in [0.1, 0.15) is 22.8 Å². The Kier molecular flexibility index (Phi) is 3.82. The Bertz CT molecular complexity index is 1830. The van der Waals surface area contributed by atoms with E-state index in [1.54, 1.807) is 0 Å². The van der Waals surface area contributed by atoms with Crippen LogP contribution >= 0.6 is 11.6 Å². The van der Waals surface area contributed by atoms with Crippen LogP contribution in [0, 0.1) is 6.92 Å². The van der Waals surface area contributed by atoms with E-state index in [-0.39, 0.29) is 5.15 Å². The first kappa shape index (κ1) is 20.0. The summed E-state index contributed by atoms with van der Waals surface area (Å²) in [6, 6.07) is 22.7. The first-order valence-corrected chi connectivity index (χ1v) is 12.1. The van der Waals surface area contributed by atoms with Crippen molar-refractivity contribution in [2.24, 2.45) is 0 Å². The van der Waals surface area contributed by atoms with E-state index in [4.69, 9.17) is 30.2 Å². The summed E-state index contributed by atoms with van der Waals surface area (Å²) in [5, 5.41) is 1.27. The number of halogens is 1.